The molecule has 6 N–H and O–H groups in total. The number of nitrogens with zero attached hydrogens (tertiary/aromatic N) is 5. The molecule has 0 spiro atoms. The molecule has 19 heavy (non-hydrogen) atoms. The third-order valence-electron chi connectivity index (χ3n) is 1.95. The van der Waals surface area contributed by atoms with Crippen LogP contribution in [0, 0.1) is 17.0 Å². The summed E-state index contributed by atoms with van der Waals surface area (Å²) < 4.78 is 0.709. The predicted molar refractivity (Wildman–Crippen MR) is 60.9 cm³/mol. The number of fused-ring (bicyclic) bond motifs is 1. The molecular weight excluding hydrogens is 258 g/mol. The highest BCUT2D eigenvalue weighted by Crippen LogP contribution is 2.25. The van der Waals surface area contributed by atoms with Gasteiger partial charge in [-0.1, -0.05) is 0 Å². The molecule has 2 aromatic heterocycles. The third kappa shape index (κ3) is 3.02. The molecule has 11 nitrogen and oxygen atoms in total. The van der Waals surface area contributed by atoms with E-state index in [2.05, 4.69) is 20.8 Å². The molecule has 104 valence electrons. The van der Waals surface area contributed by atoms with Crippen molar-refractivity contribution in [2.45, 2.75) is 6.92 Å². The van der Waals surface area contributed by atoms with E-state index in [4.69, 9.17) is 10.8 Å². The average Bonchev–Trinajstić information content (AvgIpc) is 2.70. The van der Waals surface area contributed by atoms with E-state index in [-0.39, 0.29) is 24.0 Å². The Kier molecular flexibility index (Phi) is 4.50. The Morgan fingerprint density at radius 2 is 2.11 bits per heavy atom. The van der Waals surface area contributed by atoms with Crippen molar-refractivity contribution in [3.8, 4) is 5.88 Å². The van der Waals surface area contributed by atoms with E-state index in [1.807, 2.05) is 0 Å². The van der Waals surface area contributed by atoms with Gasteiger partial charge in [0, 0.05) is 0 Å². The molecule has 2 rings (SSSR count). The third-order valence-corrected chi connectivity index (χ3v) is 1.95. The van der Waals surface area contributed by atoms with Crippen LogP contribution in [0.1, 0.15) is 5.69 Å². The van der Waals surface area contributed by atoms with Crippen LogP contribution in [0.5, 0.6) is 5.88 Å². The summed E-state index contributed by atoms with van der Waals surface area (Å²) in [7, 11) is 0. The molecule has 0 fully saturated rings. The van der Waals surface area contributed by atoms with Crippen LogP contribution in [0.3, 0.4) is 0 Å². The molecular formula is C8H13N7O4. The van der Waals surface area contributed by atoms with Gasteiger partial charge in [-0.05, 0) is 6.92 Å². The van der Waals surface area contributed by atoms with E-state index in [1.165, 1.54) is 6.92 Å². The van der Waals surface area contributed by atoms with Crippen molar-refractivity contribution in [3.05, 3.63) is 15.8 Å². The minimum Gasteiger partial charge on any atom is -0.854 e. The van der Waals surface area contributed by atoms with Gasteiger partial charge in [0.15, 0.2) is 0 Å². The minimum absolute atomic E-state index is 0.00935. The molecule has 0 aliphatic rings. The zero-order valence-corrected chi connectivity index (χ0v) is 10.1. The molecule has 0 aliphatic heterocycles. The molecule has 0 bridgehead atoms. The van der Waals surface area contributed by atoms with Gasteiger partial charge in [-0.3, -0.25) is 10.1 Å². The van der Waals surface area contributed by atoms with Crippen LogP contribution < -0.4 is 16.6 Å². The Balaban J connectivity index is 0.000000399. The number of aliphatic hydroxyl groups is 1. The monoisotopic (exact) mass is 271 g/mol. The van der Waals surface area contributed by atoms with Crippen LogP contribution in [-0.4, -0.2) is 42.8 Å². The molecule has 0 radical (unpaired) electrons. The highest BCUT2D eigenvalue weighted by molar-refractivity contribution is 5.50. The van der Waals surface area contributed by atoms with Crippen LogP contribution in [0.15, 0.2) is 0 Å². The summed E-state index contributed by atoms with van der Waals surface area (Å²) in [6.45, 7) is 2.18. The molecule has 0 atom stereocenters. The molecule has 0 aliphatic carbocycles. The van der Waals surface area contributed by atoms with Gasteiger partial charge in [0.05, 0.1) is 24.0 Å². The molecule has 0 saturated heterocycles. The number of aryl methyl sites for hydroxylation is 1. The lowest BCUT2D eigenvalue weighted by Gasteiger charge is -2.08. The van der Waals surface area contributed by atoms with E-state index in [1.54, 1.807) is 0 Å². The van der Waals surface area contributed by atoms with E-state index >= 15 is 0 Å². The number of quaternary nitrogens is 1. The smallest absolute Gasteiger partial charge is 0.301 e. The molecule has 0 unspecified atom stereocenters. The SMILES string of the molecule is Cc1nc2nc(N)nn2c([O-])c1[N+](=O)[O-].[NH3+]CCO. The lowest BCUT2D eigenvalue weighted by molar-refractivity contribution is -0.401. The highest BCUT2D eigenvalue weighted by atomic mass is 16.6. The Morgan fingerprint density at radius 1 is 1.53 bits per heavy atom. The van der Waals surface area contributed by atoms with Crippen LogP contribution in [-0.2, 0) is 0 Å². The lowest BCUT2D eigenvalue weighted by atomic mass is 10.4. The van der Waals surface area contributed by atoms with Crippen molar-refractivity contribution < 1.29 is 20.9 Å². The van der Waals surface area contributed by atoms with Gasteiger partial charge in [0.1, 0.15) is 5.69 Å². The van der Waals surface area contributed by atoms with Gasteiger partial charge in [-0.15, -0.1) is 5.10 Å². The Labute approximate surface area is 106 Å². The summed E-state index contributed by atoms with van der Waals surface area (Å²) in [4.78, 5) is 17.1. The Hall–Kier alpha value is -2.53. The Bertz CT molecular complexity index is 594. The Morgan fingerprint density at radius 3 is 2.58 bits per heavy atom. The zero-order chi connectivity index (χ0) is 14.6. The van der Waals surface area contributed by atoms with Crippen LogP contribution in [0.4, 0.5) is 11.6 Å². The van der Waals surface area contributed by atoms with Crippen molar-refractivity contribution in [2.75, 3.05) is 18.9 Å². The zero-order valence-electron chi connectivity index (χ0n) is 10.1. The quantitative estimate of drug-likeness (QED) is 0.386. The van der Waals surface area contributed by atoms with Crippen LogP contribution in [0.25, 0.3) is 5.78 Å². The topological polar surface area (TPSA) is 183 Å². The molecule has 0 saturated carbocycles. The van der Waals surface area contributed by atoms with Crippen molar-refractivity contribution in [1.29, 1.82) is 0 Å². The standard InChI is InChI=1S/C6H6N6O3.C2H7NO/c1-2-3(12(14)15)4(13)11-6(8-2)9-5(7)10-11;3-1-2-4/h13H,1H3,(H2,7,10);4H,1-3H2. The first-order valence-corrected chi connectivity index (χ1v) is 5.16. The first kappa shape index (κ1) is 14.5. The number of rotatable bonds is 2. The number of anilines is 1. The largest absolute Gasteiger partial charge is 0.854 e. The van der Waals surface area contributed by atoms with Gasteiger partial charge in [0.25, 0.3) is 5.78 Å². The summed E-state index contributed by atoms with van der Waals surface area (Å²) in [6, 6.07) is 0. The van der Waals surface area contributed by atoms with Crippen molar-refractivity contribution in [3.63, 3.8) is 0 Å². The normalized spacial score (nSPS) is 10.1. The fourth-order valence-corrected chi connectivity index (χ4v) is 1.20. The number of hydrogen-bond donors (Lipinski definition) is 3. The van der Waals surface area contributed by atoms with Gasteiger partial charge in [0.2, 0.25) is 5.95 Å². The number of aromatic nitrogens is 4. The van der Waals surface area contributed by atoms with E-state index < -0.39 is 16.5 Å². The van der Waals surface area contributed by atoms with Gasteiger partial charge >= 0.3 is 5.69 Å². The van der Waals surface area contributed by atoms with Gasteiger partial charge in [-0.2, -0.15) is 4.98 Å². The minimum atomic E-state index is -0.883. The number of nitro groups is 1. The van der Waals surface area contributed by atoms with Crippen LogP contribution in [0.2, 0.25) is 0 Å². The summed E-state index contributed by atoms with van der Waals surface area (Å²) >= 11 is 0. The van der Waals surface area contributed by atoms with Crippen molar-refractivity contribution >= 4 is 17.4 Å². The maximum absolute atomic E-state index is 11.5. The van der Waals surface area contributed by atoms with Gasteiger partial charge < -0.3 is 21.7 Å². The van der Waals surface area contributed by atoms with Crippen molar-refractivity contribution in [2.24, 2.45) is 0 Å². The molecule has 2 aromatic rings. The second kappa shape index (κ2) is 5.88. The van der Waals surface area contributed by atoms with E-state index in [9.17, 15) is 15.2 Å². The number of nitrogen functional groups attached to an aromatic ring is 1. The average molecular weight is 271 g/mol. The molecule has 0 amide bonds. The number of hydrogen-bond acceptors (Lipinski definition) is 8. The summed E-state index contributed by atoms with van der Waals surface area (Å²) in [5.41, 5.74) is 7.97. The molecule has 0 aromatic carbocycles. The number of aliphatic hydroxyl groups excluding tert-OH is 1. The van der Waals surface area contributed by atoms with Gasteiger partial charge in [-0.25, -0.2) is 9.50 Å². The fourth-order valence-electron chi connectivity index (χ4n) is 1.20. The van der Waals surface area contributed by atoms with Crippen LogP contribution >= 0.6 is 0 Å². The second-order valence-electron chi connectivity index (χ2n) is 3.37. The predicted octanol–water partition coefficient (Wildman–Crippen LogP) is -2.78. The van der Waals surface area contributed by atoms with E-state index in [0.717, 1.165) is 0 Å². The molecule has 11 heteroatoms. The first-order chi connectivity index (χ1) is 8.92. The maximum atomic E-state index is 11.5. The molecule has 2 heterocycles. The lowest BCUT2D eigenvalue weighted by Crippen LogP contribution is -2.51. The first-order valence-electron chi connectivity index (χ1n) is 5.16. The van der Waals surface area contributed by atoms with Crippen molar-refractivity contribution in [1.82, 2.24) is 19.6 Å². The maximum Gasteiger partial charge on any atom is 0.301 e. The fraction of sp³-hybridized carbons (Fsp3) is 0.375. The summed E-state index contributed by atoms with van der Waals surface area (Å²) in [5.74, 6) is -1.08. The van der Waals surface area contributed by atoms with E-state index in [0.29, 0.717) is 11.1 Å². The second-order valence-corrected chi connectivity index (χ2v) is 3.37. The summed E-state index contributed by atoms with van der Waals surface area (Å²) in [5, 5.41) is 33.4. The summed E-state index contributed by atoms with van der Waals surface area (Å²) in [6.07, 6.45) is 0. The number of nitrogens with two attached hydrogens (primary N) is 1. The highest BCUT2D eigenvalue weighted by Gasteiger charge is 2.18.